The second-order valence-corrected chi connectivity index (χ2v) is 6.70. The second-order valence-electron chi connectivity index (χ2n) is 6.70. The molecule has 8 heteroatoms. The molecule has 2 aliphatic rings. The normalized spacial score (nSPS) is 21.1. The van der Waals surface area contributed by atoms with Gasteiger partial charge in [-0.05, 0) is 37.1 Å². The minimum atomic E-state index is -0.562. The van der Waals surface area contributed by atoms with E-state index in [4.69, 9.17) is 10.00 Å². The van der Waals surface area contributed by atoms with Crippen molar-refractivity contribution in [3.63, 3.8) is 0 Å². The van der Waals surface area contributed by atoms with E-state index in [9.17, 15) is 14.0 Å². The number of benzene rings is 1. The number of allylic oxidation sites excluding steroid dienone is 1. The van der Waals surface area contributed by atoms with Gasteiger partial charge in [0.15, 0.2) is 0 Å². The van der Waals surface area contributed by atoms with Gasteiger partial charge < -0.3 is 15.0 Å². The molecule has 1 aromatic carbocycles. The topological polar surface area (TPSA) is 85.7 Å². The van der Waals surface area contributed by atoms with Gasteiger partial charge in [-0.2, -0.15) is 5.26 Å². The van der Waals surface area contributed by atoms with Gasteiger partial charge in [0.1, 0.15) is 11.9 Å². The van der Waals surface area contributed by atoms with Crippen LogP contribution in [0.4, 0.5) is 20.6 Å². The molecule has 2 heterocycles. The van der Waals surface area contributed by atoms with Gasteiger partial charge in [-0.1, -0.05) is 0 Å². The van der Waals surface area contributed by atoms with Gasteiger partial charge in [0.25, 0.3) is 0 Å². The van der Waals surface area contributed by atoms with Crippen LogP contribution in [0.25, 0.3) is 0 Å². The average molecular weight is 372 g/mol. The van der Waals surface area contributed by atoms with Crippen LogP contribution in [0.2, 0.25) is 0 Å². The van der Waals surface area contributed by atoms with Crippen LogP contribution in [0.1, 0.15) is 20.3 Å². The highest BCUT2D eigenvalue weighted by Gasteiger charge is 2.33. The van der Waals surface area contributed by atoms with E-state index < -0.39 is 18.0 Å². The predicted molar refractivity (Wildman–Crippen MR) is 97.8 cm³/mol. The number of nitriles is 1. The number of halogens is 1. The Morgan fingerprint density at radius 1 is 1.44 bits per heavy atom. The Hall–Kier alpha value is -3.08. The molecule has 2 fully saturated rings. The Kier molecular flexibility index (Phi) is 5.31. The summed E-state index contributed by atoms with van der Waals surface area (Å²) in [5.41, 5.74) is 2.56. The molecule has 0 radical (unpaired) electrons. The Bertz CT molecular complexity index is 846. The van der Waals surface area contributed by atoms with E-state index in [1.54, 1.807) is 19.1 Å². The summed E-state index contributed by atoms with van der Waals surface area (Å²) in [5, 5.41) is 11.6. The lowest BCUT2D eigenvalue weighted by Gasteiger charge is -2.20. The van der Waals surface area contributed by atoms with Crippen LogP contribution in [0.5, 0.6) is 0 Å². The number of anilines is 2. The van der Waals surface area contributed by atoms with Crippen LogP contribution in [0, 0.1) is 17.1 Å². The first-order valence-corrected chi connectivity index (χ1v) is 8.75. The Morgan fingerprint density at radius 2 is 2.22 bits per heavy atom. The predicted octanol–water partition coefficient (Wildman–Crippen LogP) is 2.34. The van der Waals surface area contributed by atoms with Crippen molar-refractivity contribution in [3.8, 4) is 6.07 Å². The van der Waals surface area contributed by atoms with Gasteiger partial charge in [0, 0.05) is 25.6 Å². The molecule has 1 aromatic rings. The van der Waals surface area contributed by atoms with E-state index in [2.05, 4.69) is 11.4 Å². The van der Waals surface area contributed by atoms with Crippen molar-refractivity contribution in [3.05, 3.63) is 35.2 Å². The molecule has 0 aliphatic carbocycles. The minimum Gasteiger partial charge on any atom is -0.442 e. The van der Waals surface area contributed by atoms with Crippen molar-refractivity contribution in [2.45, 2.75) is 26.4 Å². The van der Waals surface area contributed by atoms with E-state index in [0.717, 1.165) is 12.0 Å². The quantitative estimate of drug-likeness (QED) is 0.820. The summed E-state index contributed by atoms with van der Waals surface area (Å²) in [5.74, 6) is -0.632. The first-order chi connectivity index (χ1) is 12.9. The fourth-order valence-corrected chi connectivity index (χ4v) is 3.27. The van der Waals surface area contributed by atoms with Crippen molar-refractivity contribution < 1.29 is 18.7 Å². The molecule has 3 rings (SSSR count). The van der Waals surface area contributed by atoms with Crippen LogP contribution in [-0.4, -0.2) is 44.3 Å². The van der Waals surface area contributed by atoms with Gasteiger partial charge in [-0.25, -0.2) is 9.18 Å². The monoisotopic (exact) mass is 372 g/mol. The lowest BCUT2D eigenvalue weighted by atomic mass is 10.1. The molecule has 1 atom stereocenters. The summed E-state index contributed by atoms with van der Waals surface area (Å²) < 4.78 is 19.9. The fourth-order valence-electron chi connectivity index (χ4n) is 3.27. The second kappa shape index (κ2) is 7.66. The van der Waals surface area contributed by atoms with Crippen LogP contribution >= 0.6 is 0 Å². The molecule has 7 nitrogen and oxygen atoms in total. The molecule has 2 aliphatic heterocycles. The lowest BCUT2D eigenvalue weighted by Crippen LogP contribution is -2.33. The van der Waals surface area contributed by atoms with Gasteiger partial charge >= 0.3 is 6.09 Å². The van der Waals surface area contributed by atoms with Gasteiger partial charge in [-0.15, -0.1) is 0 Å². The highest BCUT2D eigenvalue weighted by atomic mass is 19.1. The SMILES string of the molecule is CC(=O)NC[C@H]1CN(c2ccc(N3CCC(=C(C)C#N)C3)c(F)c2)C(=O)O1. The molecule has 0 bridgehead atoms. The maximum Gasteiger partial charge on any atom is 0.414 e. The number of rotatable bonds is 4. The lowest BCUT2D eigenvalue weighted by molar-refractivity contribution is -0.119. The molecule has 2 saturated heterocycles. The average Bonchev–Trinajstić information content (AvgIpc) is 3.26. The molecule has 27 heavy (non-hydrogen) atoms. The molecule has 142 valence electrons. The van der Waals surface area contributed by atoms with E-state index in [1.165, 1.54) is 17.9 Å². The minimum absolute atomic E-state index is 0.203. The maximum absolute atomic E-state index is 14.7. The molecule has 2 amide bonds. The Balaban J connectivity index is 1.71. The zero-order chi connectivity index (χ0) is 19.6. The Morgan fingerprint density at radius 3 is 2.89 bits per heavy atom. The first-order valence-electron chi connectivity index (χ1n) is 8.75. The molecule has 0 saturated carbocycles. The third-order valence-corrected chi connectivity index (χ3v) is 4.80. The number of nitrogens with one attached hydrogen (secondary N) is 1. The van der Waals surface area contributed by atoms with Gasteiger partial charge in [0.05, 0.1) is 30.5 Å². The standard InChI is InChI=1S/C19H21FN4O3/c1-12(8-21)14-5-6-23(10-14)18-4-3-15(7-17(18)20)24-11-16(27-19(24)26)9-22-13(2)25/h3-4,7,16H,5-6,9-11H2,1-2H3,(H,22,25)/t16-/m0/s1. The van der Waals surface area contributed by atoms with Crippen LogP contribution in [-0.2, 0) is 9.53 Å². The number of ether oxygens (including phenoxy) is 1. The van der Waals surface area contributed by atoms with E-state index in [-0.39, 0.29) is 19.0 Å². The van der Waals surface area contributed by atoms with Crippen LogP contribution in [0.3, 0.4) is 0 Å². The van der Waals surface area contributed by atoms with Crippen molar-refractivity contribution in [2.75, 3.05) is 36.0 Å². The highest BCUT2D eigenvalue weighted by Crippen LogP contribution is 2.31. The molecular weight excluding hydrogens is 351 g/mol. The first kappa shape index (κ1) is 18.7. The number of hydrogen-bond acceptors (Lipinski definition) is 5. The fraction of sp³-hybridized carbons (Fsp3) is 0.421. The molecule has 0 spiro atoms. The summed E-state index contributed by atoms with van der Waals surface area (Å²) in [6, 6.07) is 6.78. The van der Waals surface area contributed by atoms with E-state index >= 15 is 0 Å². The summed E-state index contributed by atoms with van der Waals surface area (Å²) in [6.45, 7) is 4.80. The van der Waals surface area contributed by atoms with Crippen molar-refractivity contribution in [1.82, 2.24) is 5.32 Å². The van der Waals surface area contributed by atoms with E-state index in [1.807, 2.05) is 4.90 Å². The number of carbonyl (C=O) groups excluding carboxylic acids is 2. The van der Waals surface area contributed by atoms with Gasteiger partial charge in [0.2, 0.25) is 5.91 Å². The smallest absolute Gasteiger partial charge is 0.414 e. The number of carbonyl (C=O) groups is 2. The highest BCUT2D eigenvalue weighted by molar-refractivity contribution is 5.90. The zero-order valence-corrected chi connectivity index (χ0v) is 15.3. The third-order valence-electron chi connectivity index (χ3n) is 4.80. The van der Waals surface area contributed by atoms with Gasteiger partial charge in [-0.3, -0.25) is 9.69 Å². The van der Waals surface area contributed by atoms with Crippen molar-refractivity contribution in [1.29, 1.82) is 5.26 Å². The summed E-state index contributed by atoms with van der Waals surface area (Å²) in [7, 11) is 0. The molecule has 0 unspecified atom stereocenters. The number of hydrogen-bond donors (Lipinski definition) is 1. The zero-order valence-electron chi connectivity index (χ0n) is 15.3. The van der Waals surface area contributed by atoms with Crippen LogP contribution < -0.4 is 15.1 Å². The summed E-state index contributed by atoms with van der Waals surface area (Å²) >= 11 is 0. The molecule has 1 N–H and O–H groups in total. The van der Waals surface area contributed by atoms with Crippen molar-refractivity contribution >= 4 is 23.4 Å². The summed E-state index contributed by atoms with van der Waals surface area (Å²) in [4.78, 5) is 26.3. The molecule has 0 aromatic heterocycles. The maximum atomic E-state index is 14.7. The van der Waals surface area contributed by atoms with Crippen molar-refractivity contribution in [2.24, 2.45) is 0 Å². The molecular formula is C19H21FN4O3. The number of cyclic esters (lactones) is 1. The Labute approximate surface area is 157 Å². The van der Waals surface area contributed by atoms with E-state index in [0.29, 0.717) is 30.0 Å². The van der Waals surface area contributed by atoms with Crippen LogP contribution in [0.15, 0.2) is 29.3 Å². The summed E-state index contributed by atoms with van der Waals surface area (Å²) in [6.07, 6.45) is -0.290. The largest absolute Gasteiger partial charge is 0.442 e. The number of amides is 2. The number of nitrogens with zero attached hydrogens (tertiary/aromatic N) is 3. The third kappa shape index (κ3) is 4.03.